The van der Waals surface area contributed by atoms with Gasteiger partial charge in [-0.3, -0.25) is 4.79 Å². The molecule has 1 aliphatic rings. The fourth-order valence-electron chi connectivity index (χ4n) is 2.74. The number of unbranched alkanes of at least 4 members (excludes halogenated alkanes) is 1. The van der Waals surface area contributed by atoms with Crippen LogP contribution in [0.15, 0.2) is 0 Å². The van der Waals surface area contributed by atoms with Crippen LogP contribution in [0.2, 0.25) is 0 Å². The molecule has 1 rings (SSSR count). The molecule has 0 spiro atoms. The third-order valence-corrected chi connectivity index (χ3v) is 3.94. The highest BCUT2D eigenvalue weighted by Gasteiger charge is 2.34. The predicted molar refractivity (Wildman–Crippen MR) is 78.4 cm³/mol. The summed E-state index contributed by atoms with van der Waals surface area (Å²) in [7, 11) is 1.32. The van der Waals surface area contributed by atoms with E-state index in [0.29, 0.717) is 6.04 Å². The summed E-state index contributed by atoms with van der Waals surface area (Å²) >= 11 is 0. The Kier molecular flexibility index (Phi) is 6.82. The molecule has 0 bridgehead atoms. The lowest BCUT2D eigenvalue weighted by molar-refractivity contribution is -0.135. The van der Waals surface area contributed by atoms with Crippen LogP contribution in [0.25, 0.3) is 0 Å². The van der Waals surface area contributed by atoms with Crippen molar-refractivity contribution in [3.05, 3.63) is 0 Å². The summed E-state index contributed by atoms with van der Waals surface area (Å²) in [4.78, 5) is 26.0. The monoisotopic (exact) mass is 284 g/mol. The Morgan fingerprint density at radius 2 is 2.10 bits per heavy atom. The van der Waals surface area contributed by atoms with Crippen molar-refractivity contribution in [3.63, 3.8) is 0 Å². The van der Waals surface area contributed by atoms with Gasteiger partial charge in [0.2, 0.25) is 5.91 Å². The Morgan fingerprint density at radius 1 is 1.40 bits per heavy atom. The average Bonchev–Trinajstić information content (AvgIpc) is 2.89. The first-order chi connectivity index (χ1) is 9.51. The third kappa shape index (κ3) is 4.39. The second-order valence-corrected chi connectivity index (χ2v) is 5.83. The van der Waals surface area contributed by atoms with Crippen molar-refractivity contribution in [1.82, 2.24) is 10.2 Å². The molecule has 2 atom stereocenters. The molecular formula is C15H28N2O3. The maximum atomic E-state index is 12.7. The number of methoxy groups -OCH3 is 1. The van der Waals surface area contributed by atoms with E-state index in [1.165, 1.54) is 7.11 Å². The number of alkyl carbamates (subject to hydrolysis) is 1. The summed E-state index contributed by atoms with van der Waals surface area (Å²) in [5.74, 6) is 0.0815. The second-order valence-electron chi connectivity index (χ2n) is 5.83. The van der Waals surface area contributed by atoms with E-state index >= 15 is 0 Å². The van der Waals surface area contributed by atoms with E-state index in [-0.39, 0.29) is 11.8 Å². The number of likely N-dealkylation sites (tertiary alicyclic amines) is 1. The van der Waals surface area contributed by atoms with Crippen LogP contribution in [0.5, 0.6) is 0 Å². The normalized spacial score (nSPS) is 20.1. The second kappa shape index (κ2) is 8.12. The van der Waals surface area contributed by atoms with Gasteiger partial charge in [-0.1, -0.05) is 33.6 Å². The van der Waals surface area contributed by atoms with Crippen molar-refractivity contribution in [2.45, 2.75) is 65.0 Å². The topological polar surface area (TPSA) is 58.6 Å². The maximum absolute atomic E-state index is 12.7. The van der Waals surface area contributed by atoms with Gasteiger partial charge in [-0.15, -0.1) is 0 Å². The fourth-order valence-corrected chi connectivity index (χ4v) is 2.74. The molecule has 1 saturated heterocycles. The van der Waals surface area contributed by atoms with Gasteiger partial charge >= 0.3 is 6.09 Å². The zero-order valence-electron chi connectivity index (χ0n) is 13.1. The van der Waals surface area contributed by atoms with E-state index in [1.807, 2.05) is 18.7 Å². The molecule has 1 fully saturated rings. The molecule has 0 aliphatic carbocycles. The quantitative estimate of drug-likeness (QED) is 0.815. The number of hydrogen-bond donors (Lipinski definition) is 1. The van der Waals surface area contributed by atoms with Crippen molar-refractivity contribution in [3.8, 4) is 0 Å². The Labute approximate surface area is 122 Å². The van der Waals surface area contributed by atoms with Crippen LogP contribution < -0.4 is 5.32 Å². The van der Waals surface area contributed by atoms with E-state index in [4.69, 9.17) is 0 Å². The van der Waals surface area contributed by atoms with Gasteiger partial charge in [0, 0.05) is 12.6 Å². The number of rotatable bonds is 6. The molecule has 0 aromatic rings. The van der Waals surface area contributed by atoms with Gasteiger partial charge in [0.05, 0.1) is 7.11 Å². The molecule has 116 valence electrons. The Bertz CT molecular complexity index is 331. The number of nitrogens with one attached hydrogen (secondary N) is 1. The number of carbonyl (C=O) groups is 2. The molecule has 1 aliphatic heterocycles. The molecule has 5 heteroatoms. The molecule has 1 heterocycles. The molecule has 0 aromatic heterocycles. The summed E-state index contributed by atoms with van der Waals surface area (Å²) in [5, 5.41) is 2.67. The number of ether oxygens (including phenoxy) is 1. The van der Waals surface area contributed by atoms with Crippen LogP contribution >= 0.6 is 0 Å². The van der Waals surface area contributed by atoms with Gasteiger partial charge < -0.3 is 15.0 Å². The molecule has 2 amide bonds. The van der Waals surface area contributed by atoms with Crippen LogP contribution in [0.3, 0.4) is 0 Å². The molecule has 5 nitrogen and oxygen atoms in total. The maximum Gasteiger partial charge on any atom is 0.407 e. The molecule has 20 heavy (non-hydrogen) atoms. The average molecular weight is 284 g/mol. The van der Waals surface area contributed by atoms with Crippen LogP contribution in [-0.4, -0.2) is 42.6 Å². The van der Waals surface area contributed by atoms with Gasteiger partial charge in [0.1, 0.15) is 6.04 Å². The molecule has 0 unspecified atom stereocenters. The lowest BCUT2D eigenvalue weighted by atomic mass is 10.0. The number of carbonyl (C=O) groups excluding carboxylic acids is 2. The Hall–Kier alpha value is -1.26. The summed E-state index contributed by atoms with van der Waals surface area (Å²) < 4.78 is 4.61. The zero-order chi connectivity index (χ0) is 15.1. The van der Waals surface area contributed by atoms with Crippen LogP contribution in [0.1, 0.15) is 52.9 Å². The van der Waals surface area contributed by atoms with E-state index in [0.717, 1.165) is 38.6 Å². The first-order valence-corrected chi connectivity index (χ1v) is 7.66. The summed E-state index contributed by atoms with van der Waals surface area (Å²) in [6.07, 6.45) is 4.95. The summed E-state index contributed by atoms with van der Waals surface area (Å²) in [6, 6.07) is -0.159. The van der Waals surface area contributed by atoms with Gasteiger partial charge in [-0.2, -0.15) is 0 Å². The molecule has 0 radical (unpaired) electrons. The van der Waals surface area contributed by atoms with Gasteiger partial charge in [-0.25, -0.2) is 4.79 Å². The van der Waals surface area contributed by atoms with Crippen LogP contribution in [0.4, 0.5) is 4.79 Å². The predicted octanol–water partition coefficient (Wildman–Crippen LogP) is 2.55. The first kappa shape index (κ1) is 16.8. The van der Waals surface area contributed by atoms with Crippen LogP contribution in [0, 0.1) is 5.92 Å². The lowest BCUT2D eigenvalue weighted by Crippen LogP contribution is -2.52. The fraction of sp³-hybridized carbons (Fsp3) is 0.867. The summed E-state index contributed by atoms with van der Waals surface area (Å²) in [6.45, 7) is 6.85. The van der Waals surface area contributed by atoms with E-state index in [9.17, 15) is 9.59 Å². The smallest absolute Gasteiger partial charge is 0.407 e. The van der Waals surface area contributed by atoms with Crippen molar-refractivity contribution < 1.29 is 14.3 Å². The Morgan fingerprint density at radius 3 is 2.65 bits per heavy atom. The number of nitrogens with zero attached hydrogens (tertiary/aromatic N) is 1. The highest BCUT2D eigenvalue weighted by Crippen LogP contribution is 2.24. The van der Waals surface area contributed by atoms with E-state index in [1.54, 1.807) is 0 Å². The lowest BCUT2D eigenvalue weighted by Gasteiger charge is -2.30. The largest absolute Gasteiger partial charge is 0.453 e. The molecule has 0 saturated carbocycles. The van der Waals surface area contributed by atoms with Crippen molar-refractivity contribution in [1.29, 1.82) is 0 Å². The highest BCUT2D eigenvalue weighted by atomic mass is 16.5. The van der Waals surface area contributed by atoms with Gasteiger partial charge in [0.25, 0.3) is 0 Å². The minimum atomic E-state index is -0.540. The standard InChI is InChI=1S/C15H28N2O3/c1-5-6-8-12-9-7-10-17(12)14(18)13(11(2)3)16-15(19)20-4/h11-13H,5-10H2,1-4H3,(H,16,19)/t12-,13-/m0/s1. The van der Waals surface area contributed by atoms with E-state index < -0.39 is 12.1 Å². The zero-order valence-corrected chi connectivity index (χ0v) is 13.1. The van der Waals surface area contributed by atoms with Crippen LogP contribution in [-0.2, 0) is 9.53 Å². The minimum Gasteiger partial charge on any atom is -0.453 e. The molecule has 1 N–H and O–H groups in total. The summed E-state index contributed by atoms with van der Waals surface area (Å²) in [5.41, 5.74) is 0. The van der Waals surface area contributed by atoms with Crippen molar-refractivity contribution in [2.24, 2.45) is 5.92 Å². The van der Waals surface area contributed by atoms with Gasteiger partial charge in [0.15, 0.2) is 0 Å². The number of amides is 2. The SMILES string of the molecule is CCCC[C@H]1CCCN1C(=O)[C@@H](NC(=O)OC)C(C)C. The minimum absolute atomic E-state index is 0.0315. The number of hydrogen-bond acceptors (Lipinski definition) is 3. The Balaban J connectivity index is 2.70. The molecule has 0 aromatic carbocycles. The third-order valence-electron chi connectivity index (χ3n) is 3.94. The van der Waals surface area contributed by atoms with Crippen molar-refractivity contribution in [2.75, 3.05) is 13.7 Å². The highest BCUT2D eigenvalue weighted by molar-refractivity contribution is 5.86. The van der Waals surface area contributed by atoms with Gasteiger partial charge in [-0.05, 0) is 25.2 Å². The molecular weight excluding hydrogens is 256 g/mol. The van der Waals surface area contributed by atoms with E-state index in [2.05, 4.69) is 17.0 Å². The van der Waals surface area contributed by atoms with Crippen molar-refractivity contribution >= 4 is 12.0 Å². The first-order valence-electron chi connectivity index (χ1n) is 7.66.